The molecule has 1 atom stereocenters. The predicted molar refractivity (Wildman–Crippen MR) is 81.1 cm³/mol. The van der Waals surface area contributed by atoms with Crippen LogP contribution in [0.2, 0.25) is 0 Å². The van der Waals surface area contributed by atoms with Crippen molar-refractivity contribution in [2.45, 2.75) is 58.5 Å². The Kier molecular flexibility index (Phi) is 4.83. The molecular weight excluding hydrogens is 246 g/mol. The van der Waals surface area contributed by atoms with Gasteiger partial charge in [0.15, 0.2) is 0 Å². The van der Waals surface area contributed by atoms with Gasteiger partial charge in [-0.15, -0.1) is 0 Å². The lowest BCUT2D eigenvalue weighted by molar-refractivity contribution is 0.0236. The minimum absolute atomic E-state index is 0.585. The Morgan fingerprint density at radius 1 is 1.40 bits per heavy atom. The Balaban J connectivity index is 2.14. The minimum atomic E-state index is -0.657. The highest BCUT2D eigenvalue weighted by atomic mass is 16.3. The number of aliphatic hydroxyl groups is 1. The van der Waals surface area contributed by atoms with E-state index in [2.05, 4.69) is 13.0 Å². The van der Waals surface area contributed by atoms with E-state index in [-0.39, 0.29) is 0 Å². The van der Waals surface area contributed by atoms with Crippen molar-refractivity contribution < 1.29 is 5.11 Å². The number of aryl methyl sites for hydroxylation is 1. The molecule has 20 heavy (non-hydrogen) atoms. The smallest absolute Gasteiger partial charge is 0.0976 e. The molecule has 108 valence electrons. The number of benzene rings is 1. The average molecular weight is 271 g/mol. The SMILES string of the molecule is CCCC1CCC(C#N)(C(O)c2cccc(C)c2)CC1. The topological polar surface area (TPSA) is 44.0 Å². The largest absolute Gasteiger partial charge is 0.387 e. The summed E-state index contributed by atoms with van der Waals surface area (Å²) in [6, 6.07) is 10.4. The molecule has 1 N–H and O–H groups in total. The predicted octanol–water partition coefficient (Wildman–Crippen LogP) is 4.53. The molecule has 1 saturated carbocycles. The lowest BCUT2D eigenvalue weighted by Gasteiger charge is -2.38. The van der Waals surface area contributed by atoms with Crippen molar-refractivity contribution in [2.24, 2.45) is 11.3 Å². The second kappa shape index (κ2) is 6.41. The number of hydrogen-bond donors (Lipinski definition) is 1. The summed E-state index contributed by atoms with van der Waals surface area (Å²) in [5.41, 5.74) is 1.44. The highest BCUT2D eigenvalue weighted by molar-refractivity contribution is 5.27. The number of hydrogen-bond acceptors (Lipinski definition) is 2. The van der Waals surface area contributed by atoms with E-state index >= 15 is 0 Å². The summed E-state index contributed by atoms with van der Waals surface area (Å²) in [5, 5.41) is 20.4. The van der Waals surface area contributed by atoms with E-state index in [9.17, 15) is 10.4 Å². The summed E-state index contributed by atoms with van der Waals surface area (Å²) in [4.78, 5) is 0. The van der Waals surface area contributed by atoms with Gasteiger partial charge in [-0.05, 0) is 44.1 Å². The van der Waals surface area contributed by atoms with Gasteiger partial charge < -0.3 is 5.11 Å². The Labute approximate surface area is 122 Å². The maximum Gasteiger partial charge on any atom is 0.0976 e. The van der Waals surface area contributed by atoms with E-state index in [1.165, 1.54) is 12.8 Å². The third-order valence-electron chi connectivity index (χ3n) is 4.80. The Morgan fingerprint density at radius 2 is 2.10 bits per heavy atom. The van der Waals surface area contributed by atoms with E-state index in [0.717, 1.165) is 42.7 Å². The summed E-state index contributed by atoms with van der Waals surface area (Å²) in [7, 11) is 0. The maximum atomic E-state index is 10.7. The van der Waals surface area contributed by atoms with Crippen LogP contribution in [0.15, 0.2) is 24.3 Å². The molecule has 0 saturated heterocycles. The molecule has 2 rings (SSSR count). The number of rotatable bonds is 4. The quantitative estimate of drug-likeness (QED) is 0.874. The summed E-state index contributed by atoms with van der Waals surface area (Å²) in [6.45, 7) is 4.24. The monoisotopic (exact) mass is 271 g/mol. The minimum Gasteiger partial charge on any atom is -0.387 e. The lowest BCUT2D eigenvalue weighted by Crippen LogP contribution is -2.32. The van der Waals surface area contributed by atoms with Crippen molar-refractivity contribution in [3.8, 4) is 6.07 Å². The van der Waals surface area contributed by atoms with Gasteiger partial charge in [0.05, 0.1) is 17.6 Å². The fraction of sp³-hybridized carbons (Fsp3) is 0.611. The normalized spacial score (nSPS) is 27.8. The van der Waals surface area contributed by atoms with Crippen molar-refractivity contribution >= 4 is 0 Å². The van der Waals surface area contributed by atoms with Gasteiger partial charge in [0.1, 0.15) is 0 Å². The molecule has 1 unspecified atom stereocenters. The van der Waals surface area contributed by atoms with Crippen LogP contribution in [0.5, 0.6) is 0 Å². The van der Waals surface area contributed by atoms with Gasteiger partial charge in [0, 0.05) is 0 Å². The molecule has 1 fully saturated rings. The van der Waals surface area contributed by atoms with Crippen LogP contribution in [-0.4, -0.2) is 5.11 Å². The van der Waals surface area contributed by atoms with Crippen molar-refractivity contribution in [1.29, 1.82) is 5.26 Å². The van der Waals surface area contributed by atoms with Crippen molar-refractivity contribution in [2.75, 3.05) is 0 Å². The van der Waals surface area contributed by atoms with Crippen LogP contribution in [0.25, 0.3) is 0 Å². The first-order valence-electron chi connectivity index (χ1n) is 7.77. The van der Waals surface area contributed by atoms with Crippen molar-refractivity contribution in [3.63, 3.8) is 0 Å². The van der Waals surface area contributed by atoms with Crippen LogP contribution in [0.1, 0.15) is 62.7 Å². The molecule has 1 aromatic carbocycles. The molecule has 2 nitrogen and oxygen atoms in total. The average Bonchev–Trinajstić information content (AvgIpc) is 2.48. The molecule has 0 amide bonds. The number of nitriles is 1. The standard InChI is InChI=1S/C18H25NO/c1-3-5-15-8-10-18(13-19,11-9-15)17(20)16-7-4-6-14(2)12-16/h4,6-7,12,15,17,20H,3,5,8-11H2,1-2H3. The summed E-state index contributed by atoms with van der Waals surface area (Å²) in [5.74, 6) is 0.742. The first-order valence-corrected chi connectivity index (χ1v) is 7.77. The molecule has 0 spiro atoms. The second-order valence-electron chi connectivity index (χ2n) is 6.32. The van der Waals surface area contributed by atoms with Crippen molar-refractivity contribution in [3.05, 3.63) is 35.4 Å². The molecule has 1 aromatic rings. The van der Waals surface area contributed by atoms with E-state index < -0.39 is 11.5 Å². The van der Waals surface area contributed by atoms with Gasteiger partial charge in [0.25, 0.3) is 0 Å². The molecule has 1 aliphatic carbocycles. The fourth-order valence-corrected chi connectivity index (χ4v) is 3.50. The van der Waals surface area contributed by atoms with Crippen LogP contribution in [-0.2, 0) is 0 Å². The molecule has 1 aliphatic rings. The fourth-order valence-electron chi connectivity index (χ4n) is 3.50. The maximum absolute atomic E-state index is 10.7. The van der Waals surface area contributed by atoms with E-state index in [1.54, 1.807) is 0 Å². The van der Waals surface area contributed by atoms with Crippen LogP contribution < -0.4 is 0 Å². The third-order valence-corrected chi connectivity index (χ3v) is 4.80. The number of aliphatic hydroxyl groups excluding tert-OH is 1. The van der Waals surface area contributed by atoms with E-state index in [0.29, 0.717) is 0 Å². The second-order valence-corrected chi connectivity index (χ2v) is 6.32. The number of nitrogens with zero attached hydrogens (tertiary/aromatic N) is 1. The van der Waals surface area contributed by atoms with E-state index in [1.807, 2.05) is 31.2 Å². The van der Waals surface area contributed by atoms with Gasteiger partial charge in [-0.3, -0.25) is 0 Å². The molecular formula is C18H25NO. The zero-order chi connectivity index (χ0) is 14.6. The highest BCUT2D eigenvalue weighted by Crippen LogP contribution is 2.48. The van der Waals surface area contributed by atoms with Crippen LogP contribution >= 0.6 is 0 Å². The van der Waals surface area contributed by atoms with Crippen molar-refractivity contribution in [1.82, 2.24) is 0 Å². The Hall–Kier alpha value is -1.33. The first-order chi connectivity index (χ1) is 9.61. The van der Waals surface area contributed by atoms with E-state index in [4.69, 9.17) is 0 Å². The summed E-state index contributed by atoms with van der Waals surface area (Å²) in [6.07, 6.45) is 5.60. The molecule has 0 radical (unpaired) electrons. The molecule has 0 aromatic heterocycles. The van der Waals surface area contributed by atoms with Gasteiger partial charge in [-0.2, -0.15) is 5.26 Å². The first kappa shape index (κ1) is 15.1. The van der Waals surface area contributed by atoms with Gasteiger partial charge in [0.2, 0.25) is 0 Å². The third kappa shape index (κ3) is 3.04. The van der Waals surface area contributed by atoms with Gasteiger partial charge in [-0.1, -0.05) is 49.6 Å². The summed E-state index contributed by atoms with van der Waals surface area (Å²) < 4.78 is 0. The lowest BCUT2D eigenvalue weighted by atomic mass is 9.66. The molecule has 2 heteroatoms. The molecule has 0 bridgehead atoms. The molecule has 0 heterocycles. The van der Waals surface area contributed by atoms with Crippen LogP contribution in [0, 0.1) is 29.6 Å². The van der Waals surface area contributed by atoms with Crippen LogP contribution in [0.4, 0.5) is 0 Å². The van der Waals surface area contributed by atoms with Gasteiger partial charge >= 0.3 is 0 Å². The zero-order valence-electron chi connectivity index (χ0n) is 12.6. The van der Waals surface area contributed by atoms with Crippen LogP contribution in [0.3, 0.4) is 0 Å². The zero-order valence-corrected chi connectivity index (χ0v) is 12.6. The Morgan fingerprint density at radius 3 is 2.65 bits per heavy atom. The summed E-state index contributed by atoms with van der Waals surface area (Å²) >= 11 is 0. The Bertz CT molecular complexity index is 480. The van der Waals surface area contributed by atoms with Gasteiger partial charge in [-0.25, -0.2) is 0 Å². The highest BCUT2D eigenvalue weighted by Gasteiger charge is 2.42. The molecule has 0 aliphatic heterocycles.